The fraction of sp³-hybridized carbons (Fsp3) is 0.889. The summed E-state index contributed by atoms with van der Waals surface area (Å²) in [6.45, 7) is 2.22. The maximum atomic E-state index is 11.4. The van der Waals surface area contributed by atoms with E-state index in [2.05, 4.69) is 5.32 Å². The van der Waals surface area contributed by atoms with Crippen molar-refractivity contribution >= 4 is 5.91 Å². The second-order valence-electron chi connectivity index (χ2n) is 3.48. The van der Waals surface area contributed by atoms with Crippen molar-refractivity contribution in [2.24, 2.45) is 5.73 Å². The zero-order chi connectivity index (χ0) is 9.68. The Bertz CT molecular complexity index is 164. The zero-order valence-corrected chi connectivity index (χ0v) is 8.25. The smallest absolute Gasteiger partial charge is 0.223 e. The molecule has 4 heteroatoms. The summed E-state index contributed by atoms with van der Waals surface area (Å²) in [6, 6.07) is 0.585. The van der Waals surface area contributed by atoms with Crippen molar-refractivity contribution in [3.8, 4) is 0 Å². The third-order valence-electron chi connectivity index (χ3n) is 2.61. The number of piperidine rings is 1. The molecule has 0 aromatic carbocycles. The Morgan fingerprint density at radius 3 is 2.62 bits per heavy atom. The van der Waals surface area contributed by atoms with Gasteiger partial charge >= 0.3 is 0 Å². The first-order chi connectivity index (χ1) is 6.27. The largest absolute Gasteiger partial charge is 0.343 e. The predicted molar refractivity (Wildman–Crippen MR) is 52.3 cm³/mol. The molecule has 76 valence electrons. The number of likely N-dealkylation sites (tertiary alicyclic amines) is 1. The summed E-state index contributed by atoms with van der Waals surface area (Å²) >= 11 is 0. The van der Waals surface area contributed by atoms with Crippen LogP contribution in [0.15, 0.2) is 0 Å². The molecule has 1 fully saturated rings. The van der Waals surface area contributed by atoms with E-state index in [0.29, 0.717) is 19.0 Å². The molecule has 0 radical (unpaired) electrons. The highest BCUT2D eigenvalue weighted by Gasteiger charge is 2.20. The van der Waals surface area contributed by atoms with Crippen molar-refractivity contribution < 1.29 is 4.79 Å². The van der Waals surface area contributed by atoms with E-state index in [-0.39, 0.29) is 5.91 Å². The van der Waals surface area contributed by atoms with Crippen LogP contribution in [-0.4, -0.2) is 43.5 Å². The summed E-state index contributed by atoms with van der Waals surface area (Å²) < 4.78 is 0. The highest BCUT2D eigenvalue weighted by atomic mass is 16.2. The van der Waals surface area contributed by atoms with Gasteiger partial charge in [0.1, 0.15) is 0 Å². The Kier molecular flexibility index (Phi) is 4.18. The van der Waals surface area contributed by atoms with Gasteiger partial charge < -0.3 is 16.0 Å². The molecule has 0 spiro atoms. The second-order valence-corrected chi connectivity index (χ2v) is 3.48. The second kappa shape index (κ2) is 5.19. The molecule has 0 aromatic rings. The zero-order valence-electron chi connectivity index (χ0n) is 8.25. The van der Waals surface area contributed by atoms with Crippen molar-refractivity contribution in [3.05, 3.63) is 0 Å². The molecule has 0 saturated carbocycles. The van der Waals surface area contributed by atoms with Crippen molar-refractivity contribution in [2.45, 2.75) is 25.3 Å². The normalized spacial score (nSPS) is 19.1. The lowest BCUT2D eigenvalue weighted by molar-refractivity contribution is -0.132. The van der Waals surface area contributed by atoms with E-state index in [1.54, 1.807) is 0 Å². The number of nitrogens with two attached hydrogens (primary N) is 1. The fourth-order valence-electron chi connectivity index (χ4n) is 1.70. The van der Waals surface area contributed by atoms with Gasteiger partial charge in [-0.3, -0.25) is 4.79 Å². The van der Waals surface area contributed by atoms with E-state index < -0.39 is 0 Å². The molecule has 1 aliphatic rings. The minimum absolute atomic E-state index is 0.206. The van der Waals surface area contributed by atoms with Crippen LogP contribution in [0.2, 0.25) is 0 Å². The molecule has 0 atom stereocenters. The Morgan fingerprint density at radius 2 is 2.15 bits per heavy atom. The molecular weight excluding hydrogens is 166 g/mol. The van der Waals surface area contributed by atoms with E-state index in [9.17, 15) is 4.79 Å². The van der Waals surface area contributed by atoms with Crippen LogP contribution < -0.4 is 11.1 Å². The highest BCUT2D eigenvalue weighted by molar-refractivity contribution is 5.76. The molecule has 0 aromatic heterocycles. The summed E-state index contributed by atoms with van der Waals surface area (Å²) in [5, 5.41) is 3.23. The lowest BCUT2D eigenvalue weighted by Gasteiger charge is -2.31. The number of carbonyl (C=O) groups excluding carboxylic acids is 1. The van der Waals surface area contributed by atoms with Crippen molar-refractivity contribution in [3.63, 3.8) is 0 Å². The van der Waals surface area contributed by atoms with Crippen LogP contribution in [0.4, 0.5) is 0 Å². The van der Waals surface area contributed by atoms with Crippen LogP contribution in [0.5, 0.6) is 0 Å². The lowest BCUT2D eigenvalue weighted by atomic mass is 10.1. The Hall–Kier alpha value is -0.610. The lowest BCUT2D eigenvalue weighted by Crippen LogP contribution is -2.44. The fourth-order valence-corrected chi connectivity index (χ4v) is 1.70. The minimum Gasteiger partial charge on any atom is -0.343 e. The SMILES string of the molecule is CNC1CCN(C(=O)CCN)CC1. The Balaban J connectivity index is 2.28. The number of nitrogens with one attached hydrogen (secondary N) is 1. The summed E-state index contributed by atoms with van der Waals surface area (Å²) in [5.41, 5.74) is 5.33. The monoisotopic (exact) mass is 185 g/mol. The van der Waals surface area contributed by atoms with Crippen molar-refractivity contribution in [2.75, 3.05) is 26.7 Å². The first-order valence-electron chi connectivity index (χ1n) is 4.93. The van der Waals surface area contributed by atoms with Crippen LogP contribution in [0.3, 0.4) is 0 Å². The van der Waals surface area contributed by atoms with Crippen LogP contribution >= 0.6 is 0 Å². The van der Waals surface area contributed by atoms with Gasteiger partial charge in [0, 0.05) is 32.1 Å². The predicted octanol–water partition coefficient (Wildman–Crippen LogP) is -0.454. The van der Waals surface area contributed by atoms with Gasteiger partial charge in [0.05, 0.1) is 0 Å². The summed E-state index contributed by atoms with van der Waals surface area (Å²) in [7, 11) is 1.97. The molecule has 3 N–H and O–H groups in total. The number of hydrogen-bond donors (Lipinski definition) is 2. The van der Waals surface area contributed by atoms with E-state index in [4.69, 9.17) is 5.73 Å². The minimum atomic E-state index is 0.206. The van der Waals surface area contributed by atoms with Gasteiger partial charge in [0.25, 0.3) is 0 Å². The van der Waals surface area contributed by atoms with Crippen molar-refractivity contribution in [1.82, 2.24) is 10.2 Å². The number of rotatable bonds is 3. The first-order valence-corrected chi connectivity index (χ1v) is 4.93. The third kappa shape index (κ3) is 2.97. The maximum Gasteiger partial charge on any atom is 0.223 e. The quantitative estimate of drug-likeness (QED) is 0.626. The first kappa shape index (κ1) is 10.5. The molecule has 0 aliphatic carbocycles. The molecule has 1 saturated heterocycles. The van der Waals surface area contributed by atoms with Gasteiger partial charge in [-0.2, -0.15) is 0 Å². The number of carbonyl (C=O) groups is 1. The van der Waals surface area contributed by atoms with E-state index >= 15 is 0 Å². The summed E-state index contributed by atoms with van der Waals surface area (Å²) in [5.74, 6) is 0.206. The van der Waals surface area contributed by atoms with E-state index in [1.165, 1.54) is 0 Å². The standard InChI is InChI=1S/C9H19N3O/c1-11-8-3-6-12(7-4-8)9(13)2-5-10/h8,11H,2-7,10H2,1H3. The van der Waals surface area contributed by atoms with Gasteiger partial charge in [-0.15, -0.1) is 0 Å². The molecule has 1 aliphatic heterocycles. The van der Waals surface area contributed by atoms with E-state index in [0.717, 1.165) is 25.9 Å². The third-order valence-corrected chi connectivity index (χ3v) is 2.61. The molecule has 1 rings (SSSR count). The van der Waals surface area contributed by atoms with Gasteiger partial charge in [0.2, 0.25) is 5.91 Å². The van der Waals surface area contributed by atoms with Crippen LogP contribution in [0.1, 0.15) is 19.3 Å². The average molecular weight is 185 g/mol. The van der Waals surface area contributed by atoms with Crippen LogP contribution in [0.25, 0.3) is 0 Å². The molecule has 1 heterocycles. The highest BCUT2D eigenvalue weighted by Crippen LogP contribution is 2.10. The summed E-state index contributed by atoms with van der Waals surface area (Å²) in [4.78, 5) is 13.3. The average Bonchev–Trinajstić information content (AvgIpc) is 2.18. The Labute approximate surface area is 79.5 Å². The number of hydrogen-bond acceptors (Lipinski definition) is 3. The molecule has 13 heavy (non-hydrogen) atoms. The summed E-state index contributed by atoms with van der Waals surface area (Å²) in [6.07, 6.45) is 2.61. The van der Waals surface area contributed by atoms with Crippen LogP contribution in [0, 0.1) is 0 Å². The van der Waals surface area contributed by atoms with Gasteiger partial charge in [0.15, 0.2) is 0 Å². The van der Waals surface area contributed by atoms with Gasteiger partial charge in [-0.25, -0.2) is 0 Å². The maximum absolute atomic E-state index is 11.4. The molecule has 1 amide bonds. The molecule has 0 bridgehead atoms. The molecule has 0 unspecified atom stereocenters. The topological polar surface area (TPSA) is 58.4 Å². The van der Waals surface area contributed by atoms with Gasteiger partial charge in [-0.05, 0) is 19.9 Å². The molecule has 4 nitrogen and oxygen atoms in total. The number of amides is 1. The van der Waals surface area contributed by atoms with Crippen molar-refractivity contribution in [1.29, 1.82) is 0 Å². The Morgan fingerprint density at radius 1 is 1.54 bits per heavy atom. The number of nitrogens with zero attached hydrogens (tertiary/aromatic N) is 1. The van der Waals surface area contributed by atoms with Gasteiger partial charge in [-0.1, -0.05) is 0 Å². The van der Waals surface area contributed by atoms with Crippen LogP contribution in [-0.2, 0) is 4.79 Å². The van der Waals surface area contributed by atoms with E-state index in [1.807, 2.05) is 11.9 Å². The molecular formula is C9H19N3O.